The zero-order valence-corrected chi connectivity index (χ0v) is 25.4. The van der Waals surface area contributed by atoms with Gasteiger partial charge >= 0.3 is 5.97 Å². The fourth-order valence-corrected chi connectivity index (χ4v) is 7.14. The number of halogens is 2. The van der Waals surface area contributed by atoms with Gasteiger partial charge in [-0.2, -0.15) is 4.31 Å². The van der Waals surface area contributed by atoms with Gasteiger partial charge in [-0.1, -0.05) is 60.5 Å². The third kappa shape index (κ3) is 6.87. The number of nitrogens with zero attached hydrogens (tertiary/aromatic N) is 3. The van der Waals surface area contributed by atoms with E-state index in [1.807, 2.05) is 41.3 Å². The van der Waals surface area contributed by atoms with Crippen molar-refractivity contribution in [2.24, 2.45) is 11.3 Å². The summed E-state index contributed by atoms with van der Waals surface area (Å²) in [4.78, 5) is 32.7. The maximum atomic E-state index is 14.6. The van der Waals surface area contributed by atoms with Gasteiger partial charge in [0.15, 0.2) is 0 Å². The fourth-order valence-electron chi connectivity index (χ4n) is 6.28. The van der Waals surface area contributed by atoms with Crippen LogP contribution < -0.4 is 0 Å². The lowest BCUT2D eigenvalue weighted by Crippen LogP contribution is -2.59. The number of piperidine rings is 1. The van der Waals surface area contributed by atoms with Crippen LogP contribution in [0.5, 0.6) is 0 Å². The highest BCUT2D eigenvalue weighted by Gasteiger charge is 2.54. The molecule has 1 amide bonds. The third-order valence-corrected chi connectivity index (χ3v) is 9.56. The van der Waals surface area contributed by atoms with Crippen LogP contribution in [0.1, 0.15) is 61.3 Å². The van der Waals surface area contributed by atoms with E-state index in [1.165, 1.54) is 4.31 Å². The number of carboxylic acid groups (broad SMARTS) is 1. The molecule has 1 aliphatic heterocycles. The lowest BCUT2D eigenvalue weighted by atomic mass is 9.67. The summed E-state index contributed by atoms with van der Waals surface area (Å²) in [6.45, 7) is 2.01. The van der Waals surface area contributed by atoms with Crippen molar-refractivity contribution in [1.29, 1.82) is 0 Å². The Bertz CT molecular complexity index is 1460. The highest BCUT2D eigenvalue weighted by molar-refractivity contribution is 7.76. The van der Waals surface area contributed by atoms with Gasteiger partial charge in [-0.15, -0.1) is 0 Å². The van der Waals surface area contributed by atoms with Gasteiger partial charge in [0, 0.05) is 47.5 Å². The Morgan fingerprint density at radius 2 is 1.86 bits per heavy atom. The molecule has 2 heterocycles. The molecule has 0 bridgehead atoms. The number of rotatable bonds is 11. The molecule has 1 unspecified atom stereocenters. The molecule has 5 atom stereocenters. The smallest absolute Gasteiger partial charge is 0.304 e. The number of carboxylic acids is 1. The van der Waals surface area contributed by atoms with Gasteiger partial charge in [-0.05, 0) is 72.2 Å². The summed E-state index contributed by atoms with van der Waals surface area (Å²) in [5.74, 6) is -1.53. The van der Waals surface area contributed by atoms with E-state index in [1.54, 1.807) is 43.6 Å². The summed E-state index contributed by atoms with van der Waals surface area (Å²) >= 11 is 10.4. The van der Waals surface area contributed by atoms with Crippen LogP contribution in [0.15, 0.2) is 73.1 Å². The van der Waals surface area contributed by atoms with Gasteiger partial charge in [0.25, 0.3) is 0 Å². The molecule has 1 aromatic heterocycles. The van der Waals surface area contributed by atoms with Crippen LogP contribution in [0.25, 0.3) is 0 Å². The van der Waals surface area contributed by atoms with Crippen LogP contribution in [0.3, 0.4) is 0 Å². The van der Waals surface area contributed by atoms with Crippen molar-refractivity contribution in [2.45, 2.75) is 57.2 Å². The van der Waals surface area contributed by atoms with E-state index < -0.39 is 34.7 Å². The topological polar surface area (TPSA) is 111 Å². The zero-order chi connectivity index (χ0) is 30.0. The molecule has 0 spiro atoms. The van der Waals surface area contributed by atoms with Crippen LogP contribution in [0.4, 0.5) is 0 Å². The minimum atomic E-state index is -2.33. The van der Waals surface area contributed by atoms with Crippen molar-refractivity contribution in [2.75, 3.05) is 6.54 Å². The van der Waals surface area contributed by atoms with Crippen molar-refractivity contribution >= 4 is 46.3 Å². The maximum Gasteiger partial charge on any atom is 0.304 e. The quantitative estimate of drug-likeness (QED) is 0.239. The van der Waals surface area contributed by atoms with Crippen LogP contribution in [-0.2, 0) is 27.4 Å². The first-order chi connectivity index (χ1) is 20.1. The molecule has 8 nitrogen and oxygen atoms in total. The van der Waals surface area contributed by atoms with Gasteiger partial charge in [-0.3, -0.25) is 19.1 Å². The minimum absolute atomic E-state index is 0.0934. The Balaban J connectivity index is 1.64. The minimum Gasteiger partial charge on any atom is -0.481 e. The number of aliphatic carboxylic acids is 1. The summed E-state index contributed by atoms with van der Waals surface area (Å²) < 4.78 is 24.4. The number of carbonyl (C=O) groups excluding carboxylic acids is 1. The first-order valence-corrected chi connectivity index (χ1v) is 15.7. The van der Waals surface area contributed by atoms with E-state index in [4.69, 9.17) is 23.2 Å². The average molecular weight is 631 g/mol. The second-order valence-corrected chi connectivity index (χ2v) is 13.4. The van der Waals surface area contributed by atoms with Crippen LogP contribution in [0.2, 0.25) is 10.0 Å². The molecule has 2 aromatic carbocycles. The molecule has 1 saturated carbocycles. The monoisotopic (exact) mass is 629 g/mol. The van der Waals surface area contributed by atoms with Gasteiger partial charge in [-0.25, -0.2) is 4.21 Å². The SMILES string of the molecule is C[C@]1(CC(=O)O)C[C@H](c2cccc(Cl)c2)[C@@H](c2ccc(Cl)cc2)N([C@H](CN(Cc2cccnc2)S(=O)O)C2CC2)C1=O. The molecule has 2 fully saturated rings. The second kappa shape index (κ2) is 12.8. The lowest BCUT2D eigenvalue weighted by molar-refractivity contribution is -0.161. The predicted octanol–water partition coefficient (Wildman–Crippen LogP) is 6.34. The van der Waals surface area contributed by atoms with Gasteiger partial charge < -0.3 is 10.0 Å². The molecular weight excluding hydrogens is 597 g/mol. The number of amides is 1. The van der Waals surface area contributed by atoms with Gasteiger partial charge in [0.2, 0.25) is 17.2 Å². The molecule has 2 aliphatic rings. The summed E-state index contributed by atoms with van der Waals surface area (Å²) in [7, 11) is 0. The molecule has 11 heteroatoms. The van der Waals surface area contributed by atoms with Gasteiger partial charge in [0.05, 0.1) is 17.9 Å². The molecule has 5 rings (SSSR count). The Hall–Kier alpha value is -2.82. The number of benzene rings is 2. The number of likely N-dealkylation sites (tertiary alicyclic amines) is 1. The Labute approximate surface area is 258 Å². The first-order valence-electron chi connectivity index (χ1n) is 13.9. The number of hydrogen-bond acceptors (Lipinski definition) is 4. The van der Waals surface area contributed by atoms with E-state index >= 15 is 0 Å². The van der Waals surface area contributed by atoms with Crippen molar-refractivity contribution in [3.63, 3.8) is 0 Å². The molecule has 1 saturated heterocycles. The summed E-state index contributed by atoms with van der Waals surface area (Å²) in [6.07, 6.45) is 4.96. The van der Waals surface area contributed by atoms with E-state index in [9.17, 15) is 23.5 Å². The van der Waals surface area contributed by atoms with E-state index in [2.05, 4.69) is 4.98 Å². The molecule has 2 N–H and O–H groups in total. The van der Waals surface area contributed by atoms with Crippen LogP contribution in [-0.4, -0.2) is 52.5 Å². The Morgan fingerprint density at radius 1 is 1.12 bits per heavy atom. The Morgan fingerprint density at radius 3 is 2.45 bits per heavy atom. The van der Waals surface area contributed by atoms with Crippen molar-refractivity contribution < 1.29 is 23.5 Å². The fraction of sp³-hybridized carbons (Fsp3) is 0.387. The summed E-state index contributed by atoms with van der Waals surface area (Å²) in [5.41, 5.74) is 1.30. The van der Waals surface area contributed by atoms with Crippen molar-refractivity contribution in [3.05, 3.63) is 99.8 Å². The lowest BCUT2D eigenvalue weighted by Gasteiger charge is -2.52. The van der Waals surface area contributed by atoms with Crippen LogP contribution >= 0.6 is 23.2 Å². The average Bonchev–Trinajstić information content (AvgIpc) is 3.79. The van der Waals surface area contributed by atoms with Crippen LogP contribution in [0, 0.1) is 11.3 Å². The largest absolute Gasteiger partial charge is 0.481 e. The highest BCUT2D eigenvalue weighted by Crippen LogP contribution is 2.54. The summed E-state index contributed by atoms with van der Waals surface area (Å²) in [5, 5.41) is 11.0. The molecule has 0 radical (unpaired) electrons. The number of pyridine rings is 1. The first kappa shape index (κ1) is 30.6. The molecule has 42 heavy (non-hydrogen) atoms. The second-order valence-electron chi connectivity index (χ2n) is 11.5. The van der Waals surface area contributed by atoms with Crippen molar-refractivity contribution in [3.8, 4) is 0 Å². The predicted molar refractivity (Wildman–Crippen MR) is 162 cm³/mol. The number of aromatic nitrogens is 1. The standard InChI is InChI=1S/C31H33Cl2N3O5S/c1-31(16-28(37)38)15-26(23-5-2-6-25(33)14-23)29(22-9-11-24(32)12-10-22)36(30(31)39)27(21-7-8-21)19-35(42(40)41)18-20-4-3-13-34-17-20/h2-6,9-14,17,21,26-27,29H,7-8,15-16,18-19H2,1H3,(H,37,38)(H,40,41)/t26-,27-,29-,31-/m1/s1. The zero-order valence-electron chi connectivity index (χ0n) is 23.1. The maximum absolute atomic E-state index is 14.6. The third-order valence-electron chi connectivity index (χ3n) is 8.35. The van der Waals surface area contributed by atoms with E-state index in [-0.39, 0.29) is 37.3 Å². The number of carbonyl (C=O) groups is 2. The van der Waals surface area contributed by atoms with Gasteiger partial charge in [0.1, 0.15) is 0 Å². The van der Waals surface area contributed by atoms with Crippen molar-refractivity contribution in [1.82, 2.24) is 14.2 Å². The van der Waals surface area contributed by atoms with E-state index in [0.717, 1.165) is 29.5 Å². The highest BCUT2D eigenvalue weighted by atomic mass is 35.5. The summed E-state index contributed by atoms with van der Waals surface area (Å²) in [6, 6.07) is 17.5. The Kier molecular flexibility index (Phi) is 9.34. The molecule has 1 aliphatic carbocycles. The molecule has 3 aromatic rings. The normalized spacial score (nSPS) is 24.0. The molecule has 222 valence electrons. The van der Waals surface area contributed by atoms with E-state index in [0.29, 0.717) is 16.5 Å². The number of hydrogen-bond donors (Lipinski definition) is 2. The molecular formula is C31H33Cl2N3O5S.